The summed E-state index contributed by atoms with van der Waals surface area (Å²) in [5.74, 6) is 0.738. The van der Waals surface area contributed by atoms with Crippen LogP contribution in [0.1, 0.15) is 43.9 Å². The lowest BCUT2D eigenvalue weighted by Crippen LogP contribution is -2.39. The quantitative estimate of drug-likeness (QED) is 0.619. The van der Waals surface area contributed by atoms with Gasteiger partial charge in [-0.3, -0.25) is 14.2 Å². The van der Waals surface area contributed by atoms with Crippen LogP contribution >= 0.6 is 11.3 Å². The fraction of sp³-hybridized carbons (Fsp3) is 0.381. The van der Waals surface area contributed by atoms with Crippen LogP contribution in [-0.2, 0) is 17.8 Å². The first-order valence-corrected chi connectivity index (χ1v) is 10.3. The molecule has 6 heteroatoms. The van der Waals surface area contributed by atoms with Crippen LogP contribution in [0, 0.1) is 0 Å². The van der Waals surface area contributed by atoms with Crippen LogP contribution in [0.5, 0.6) is 0 Å². The standard InChI is InChI=1S/C21H25N3O2S/c1-4-18(23(5-2)19(25)14-15-10-9-13-27-15)20-22-17-12-8-7-11-16(17)21(26)24(20)6-3/h7-13,18H,4-6,14H2,1-3H3. The zero-order chi connectivity index (χ0) is 19.4. The number of amides is 1. The Morgan fingerprint density at radius 3 is 2.59 bits per heavy atom. The molecule has 1 atom stereocenters. The molecular formula is C21H25N3O2S. The Hall–Kier alpha value is -2.47. The first kappa shape index (κ1) is 19.3. The summed E-state index contributed by atoms with van der Waals surface area (Å²) in [6, 6.07) is 11.1. The largest absolute Gasteiger partial charge is 0.332 e. The Bertz CT molecular complexity index is 979. The zero-order valence-electron chi connectivity index (χ0n) is 16.0. The molecule has 3 aromatic rings. The van der Waals surface area contributed by atoms with Gasteiger partial charge in [-0.15, -0.1) is 11.3 Å². The van der Waals surface area contributed by atoms with Gasteiger partial charge in [-0.1, -0.05) is 25.1 Å². The average molecular weight is 384 g/mol. The first-order chi connectivity index (χ1) is 13.1. The van der Waals surface area contributed by atoms with Gasteiger partial charge >= 0.3 is 0 Å². The van der Waals surface area contributed by atoms with E-state index in [-0.39, 0.29) is 17.5 Å². The molecule has 1 aromatic carbocycles. The minimum Gasteiger partial charge on any atom is -0.332 e. The summed E-state index contributed by atoms with van der Waals surface area (Å²) < 4.78 is 1.71. The lowest BCUT2D eigenvalue weighted by atomic mass is 10.1. The summed E-state index contributed by atoms with van der Waals surface area (Å²) in [6.45, 7) is 7.06. The maximum atomic E-state index is 13.0. The van der Waals surface area contributed by atoms with Gasteiger partial charge in [0.15, 0.2) is 0 Å². The summed E-state index contributed by atoms with van der Waals surface area (Å²) in [5.41, 5.74) is 0.640. The molecule has 0 saturated heterocycles. The minimum atomic E-state index is -0.222. The van der Waals surface area contributed by atoms with Crippen LogP contribution in [-0.4, -0.2) is 26.9 Å². The number of fused-ring (bicyclic) bond motifs is 1. The molecule has 2 heterocycles. The van der Waals surface area contributed by atoms with Crippen LogP contribution in [0.2, 0.25) is 0 Å². The topological polar surface area (TPSA) is 55.2 Å². The van der Waals surface area contributed by atoms with E-state index in [9.17, 15) is 9.59 Å². The van der Waals surface area contributed by atoms with Gasteiger partial charge in [0.2, 0.25) is 5.91 Å². The SMILES string of the molecule is CCC(c1nc2ccccc2c(=O)n1CC)N(CC)C(=O)Cc1cccs1. The highest BCUT2D eigenvalue weighted by atomic mass is 32.1. The van der Waals surface area contributed by atoms with Crippen molar-refractivity contribution in [3.8, 4) is 0 Å². The van der Waals surface area contributed by atoms with Crippen LogP contribution in [0.15, 0.2) is 46.6 Å². The first-order valence-electron chi connectivity index (χ1n) is 9.41. The molecule has 0 aliphatic carbocycles. The number of nitrogens with zero attached hydrogens (tertiary/aromatic N) is 3. The molecule has 142 valence electrons. The number of carbonyl (C=O) groups is 1. The van der Waals surface area contributed by atoms with Gasteiger partial charge in [-0.05, 0) is 43.8 Å². The highest BCUT2D eigenvalue weighted by Crippen LogP contribution is 2.25. The highest BCUT2D eigenvalue weighted by Gasteiger charge is 2.27. The molecule has 3 rings (SSSR count). The predicted octanol–water partition coefficient (Wildman–Crippen LogP) is 4.02. The number of hydrogen-bond donors (Lipinski definition) is 0. The third-order valence-electron chi connectivity index (χ3n) is 4.83. The maximum Gasteiger partial charge on any atom is 0.261 e. The van der Waals surface area contributed by atoms with Crippen molar-refractivity contribution in [2.75, 3.05) is 6.54 Å². The number of carbonyl (C=O) groups excluding carboxylic acids is 1. The normalized spacial score (nSPS) is 12.3. The van der Waals surface area contributed by atoms with Gasteiger partial charge in [0.05, 0.1) is 23.4 Å². The van der Waals surface area contributed by atoms with E-state index in [1.807, 2.05) is 61.4 Å². The number of aromatic nitrogens is 2. The highest BCUT2D eigenvalue weighted by molar-refractivity contribution is 7.10. The maximum absolute atomic E-state index is 13.0. The van der Waals surface area contributed by atoms with E-state index in [4.69, 9.17) is 4.98 Å². The number of rotatable bonds is 7. The summed E-state index contributed by atoms with van der Waals surface area (Å²) in [7, 11) is 0. The van der Waals surface area contributed by atoms with E-state index < -0.39 is 0 Å². The number of thiophene rings is 1. The zero-order valence-corrected chi connectivity index (χ0v) is 16.8. The average Bonchev–Trinajstić information content (AvgIpc) is 3.18. The molecule has 0 aliphatic heterocycles. The third kappa shape index (κ3) is 3.81. The Kier molecular flexibility index (Phi) is 6.06. The van der Waals surface area contributed by atoms with Crippen molar-refractivity contribution in [2.24, 2.45) is 0 Å². The molecule has 0 bridgehead atoms. The second kappa shape index (κ2) is 8.48. The Morgan fingerprint density at radius 1 is 1.19 bits per heavy atom. The molecule has 1 amide bonds. The van der Waals surface area contributed by atoms with Gasteiger partial charge < -0.3 is 4.90 Å². The van der Waals surface area contributed by atoms with Crippen LogP contribution in [0.25, 0.3) is 10.9 Å². The molecule has 0 aliphatic rings. The molecule has 0 radical (unpaired) electrons. The number of benzene rings is 1. The monoisotopic (exact) mass is 383 g/mol. The third-order valence-corrected chi connectivity index (χ3v) is 5.71. The molecular weight excluding hydrogens is 358 g/mol. The number of likely N-dealkylation sites (N-methyl/N-ethyl adjacent to an activating group) is 1. The summed E-state index contributed by atoms with van der Waals surface area (Å²) in [6.07, 6.45) is 1.08. The molecule has 27 heavy (non-hydrogen) atoms. The Labute approximate surface area is 163 Å². The van der Waals surface area contributed by atoms with Crippen molar-refractivity contribution in [3.63, 3.8) is 0 Å². The number of para-hydroxylation sites is 1. The second-order valence-corrected chi connectivity index (χ2v) is 7.43. The molecule has 5 nitrogen and oxygen atoms in total. The Morgan fingerprint density at radius 2 is 1.96 bits per heavy atom. The van der Waals surface area contributed by atoms with E-state index in [0.29, 0.717) is 42.7 Å². The molecule has 0 spiro atoms. The van der Waals surface area contributed by atoms with Gasteiger partial charge in [-0.25, -0.2) is 4.98 Å². The molecule has 2 aromatic heterocycles. The molecule has 0 saturated carbocycles. The summed E-state index contributed by atoms with van der Waals surface area (Å²) in [5, 5.41) is 2.60. The molecule has 0 fully saturated rings. The van der Waals surface area contributed by atoms with Crippen LogP contribution in [0.3, 0.4) is 0 Å². The van der Waals surface area contributed by atoms with Crippen LogP contribution < -0.4 is 5.56 Å². The smallest absolute Gasteiger partial charge is 0.261 e. The molecule has 0 N–H and O–H groups in total. The van der Waals surface area contributed by atoms with E-state index in [0.717, 1.165) is 4.88 Å². The molecule has 1 unspecified atom stereocenters. The Balaban J connectivity index is 2.05. The van der Waals surface area contributed by atoms with Gasteiger partial charge in [-0.2, -0.15) is 0 Å². The lowest BCUT2D eigenvalue weighted by molar-refractivity contribution is -0.133. The summed E-state index contributed by atoms with van der Waals surface area (Å²) in [4.78, 5) is 33.6. The minimum absolute atomic E-state index is 0.0432. The van der Waals surface area contributed by atoms with Crippen molar-refractivity contribution in [3.05, 3.63) is 62.8 Å². The van der Waals surface area contributed by atoms with Crippen molar-refractivity contribution in [1.82, 2.24) is 14.5 Å². The van der Waals surface area contributed by atoms with E-state index in [2.05, 4.69) is 0 Å². The lowest BCUT2D eigenvalue weighted by Gasteiger charge is -2.31. The number of hydrogen-bond acceptors (Lipinski definition) is 4. The van der Waals surface area contributed by atoms with E-state index >= 15 is 0 Å². The van der Waals surface area contributed by atoms with Gasteiger partial charge in [0.1, 0.15) is 5.82 Å². The predicted molar refractivity (Wildman–Crippen MR) is 110 cm³/mol. The fourth-order valence-corrected chi connectivity index (χ4v) is 4.22. The van der Waals surface area contributed by atoms with Crippen molar-refractivity contribution in [1.29, 1.82) is 0 Å². The van der Waals surface area contributed by atoms with Gasteiger partial charge in [0.25, 0.3) is 5.56 Å². The van der Waals surface area contributed by atoms with Crippen molar-refractivity contribution in [2.45, 2.75) is 46.2 Å². The fourth-order valence-electron chi connectivity index (χ4n) is 3.52. The van der Waals surface area contributed by atoms with Gasteiger partial charge in [0, 0.05) is 18.0 Å². The van der Waals surface area contributed by atoms with Crippen molar-refractivity contribution < 1.29 is 4.79 Å². The van der Waals surface area contributed by atoms with Crippen LogP contribution in [0.4, 0.5) is 0 Å². The summed E-state index contributed by atoms with van der Waals surface area (Å²) >= 11 is 1.59. The second-order valence-electron chi connectivity index (χ2n) is 6.40. The van der Waals surface area contributed by atoms with E-state index in [1.165, 1.54) is 0 Å². The van der Waals surface area contributed by atoms with Crippen molar-refractivity contribution >= 4 is 28.1 Å². The van der Waals surface area contributed by atoms with E-state index in [1.54, 1.807) is 22.0 Å².